The minimum absolute atomic E-state index is 0.0957. The van der Waals surface area contributed by atoms with Gasteiger partial charge in [-0.15, -0.1) is 0 Å². The van der Waals surface area contributed by atoms with Gasteiger partial charge in [0.05, 0.1) is 56.9 Å². The van der Waals surface area contributed by atoms with Crippen molar-refractivity contribution >= 4 is 0 Å². The van der Waals surface area contributed by atoms with E-state index in [1.54, 1.807) is 0 Å². The Labute approximate surface area is 314 Å². The normalized spacial score (nSPS) is 25.2. The Balaban J connectivity index is 1.62. The quantitative estimate of drug-likeness (QED) is 0.118. The van der Waals surface area contributed by atoms with E-state index in [9.17, 15) is 20.4 Å². The highest BCUT2D eigenvalue weighted by Crippen LogP contribution is 2.76. The molecule has 4 N–H and O–H groups in total. The first-order valence-corrected chi connectivity index (χ1v) is 17.7. The standard InChI is InChI=1S/C42H48O12/c1-47-27-9-23(10-28(48-2)35(27)43)39-17-40(24-11-29(49-3)36(44)30(12-24)50-4)20-41(18-39,25-13-31(51-5)37(45)32(14-25)52-6)22-42(19-39,21-40)26-15-33(53-7)38(46)34(16-26)54-8/h9-16,43-46H,17-22H2,1-8H3. The summed E-state index contributed by atoms with van der Waals surface area (Å²) in [5, 5.41) is 44.4. The summed E-state index contributed by atoms with van der Waals surface area (Å²) in [7, 11) is 12.1. The van der Waals surface area contributed by atoms with Crippen LogP contribution in [-0.2, 0) is 21.7 Å². The van der Waals surface area contributed by atoms with Crippen molar-refractivity contribution in [1.29, 1.82) is 0 Å². The molecule has 0 atom stereocenters. The zero-order valence-electron chi connectivity index (χ0n) is 31.9. The van der Waals surface area contributed by atoms with Crippen LogP contribution in [0.4, 0.5) is 0 Å². The molecule has 4 aromatic carbocycles. The number of phenols is 4. The first kappa shape index (κ1) is 36.8. The van der Waals surface area contributed by atoms with Gasteiger partial charge in [0.1, 0.15) is 0 Å². The molecule has 12 heteroatoms. The molecule has 4 aliphatic carbocycles. The highest BCUT2D eigenvalue weighted by Gasteiger charge is 2.70. The monoisotopic (exact) mass is 744 g/mol. The van der Waals surface area contributed by atoms with Crippen molar-refractivity contribution in [3.63, 3.8) is 0 Å². The smallest absolute Gasteiger partial charge is 0.200 e. The molecule has 0 saturated heterocycles. The molecule has 288 valence electrons. The van der Waals surface area contributed by atoms with Crippen molar-refractivity contribution in [2.45, 2.75) is 60.2 Å². The number of ether oxygens (including phenoxy) is 8. The first-order valence-electron chi connectivity index (χ1n) is 17.7. The fourth-order valence-electron chi connectivity index (χ4n) is 10.7. The molecular formula is C42H48O12. The zero-order valence-corrected chi connectivity index (χ0v) is 31.9. The molecule has 0 amide bonds. The van der Waals surface area contributed by atoms with Crippen LogP contribution in [0.3, 0.4) is 0 Å². The molecule has 4 fully saturated rings. The van der Waals surface area contributed by atoms with Crippen molar-refractivity contribution in [1.82, 2.24) is 0 Å². The molecule has 8 rings (SSSR count). The Hall–Kier alpha value is -5.52. The Bertz CT molecular complexity index is 1670. The van der Waals surface area contributed by atoms with E-state index >= 15 is 0 Å². The molecule has 4 aliphatic rings. The summed E-state index contributed by atoms with van der Waals surface area (Å²) in [5.41, 5.74) is 1.27. The molecule has 0 spiro atoms. The van der Waals surface area contributed by atoms with E-state index in [0.29, 0.717) is 38.5 Å². The highest BCUT2D eigenvalue weighted by atomic mass is 16.5. The Kier molecular flexibility index (Phi) is 8.93. The maximum atomic E-state index is 11.1. The van der Waals surface area contributed by atoms with Gasteiger partial charge in [-0.2, -0.15) is 0 Å². The van der Waals surface area contributed by atoms with Gasteiger partial charge in [0.15, 0.2) is 46.0 Å². The summed E-state index contributed by atoms with van der Waals surface area (Å²) in [6.07, 6.45) is 3.98. The van der Waals surface area contributed by atoms with Crippen LogP contribution in [0.25, 0.3) is 0 Å². The number of hydrogen-bond donors (Lipinski definition) is 4. The molecule has 0 unspecified atom stereocenters. The summed E-state index contributed by atoms with van der Waals surface area (Å²) in [4.78, 5) is 0. The second-order valence-corrected chi connectivity index (χ2v) is 15.1. The molecular weight excluding hydrogens is 696 g/mol. The fourth-order valence-corrected chi connectivity index (χ4v) is 10.7. The fraction of sp³-hybridized carbons (Fsp3) is 0.429. The number of rotatable bonds is 12. The topological polar surface area (TPSA) is 155 Å². The molecule has 4 saturated carbocycles. The molecule has 4 bridgehead atoms. The van der Waals surface area contributed by atoms with Crippen molar-refractivity contribution < 1.29 is 58.3 Å². The van der Waals surface area contributed by atoms with Gasteiger partial charge in [0.2, 0.25) is 23.0 Å². The van der Waals surface area contributed by atoms with Gasteiger partial charge in [-0.05, 0) is 131 Å². The van der Waals surface area contributed by atoms with E-state index in [1.807, 2.05) is 48.5 Å². The van der Waals surface area contributed by atoms with Gasteiger partial charge >= 0.3 is 0 Å². The summed E-state index contributed by atoms with van der Waals surface area (Å²) in [6, 6.07) is 15.2. The van der Waals surface area contributed by atoms with E-state index in [1.165, 1.54) is 56.9 Å². The maximum Gasteiger partial charge on any atom is 0.200 e. The second kappa shape index (κ2) is 13.1. The van der Waals surface area contributed by atoms with E-state index < -0.39 is 21.7 Å². The van der Waals surface area contributed by atoms with Crippen LogP contribution in [-0.4, -0.2) is 77.3 Å². The van der Waals surface area contributed by atoms with Gasteiger partial charge in [-0.25, -0.2) is 0 Å². The zero-order chi connectivity index (χ0) is 38.8. The third kappa shape index (κ3) is 5.32. The summed E-state index contributed by atoms with van der Waals surface area (Å²) < 4.78 is 45.8. The lowest BCUT2D eigenvalue weighted by Gasteiger charge is -2.71. The number of aromatic hydroxyl groups is 4. The third-order valence-corrected chi connectivity index (χ3v) is 12.4. The maximum absolute atomic E-state index is 11.1. The van der Waals surface area contributed by atoms with Crippen molar-refractivity contribution in [3.8, 4) is 69.0 Å². The lowest BCUT2D eigenvalue weighted by molar-refractivity contribution is -0.0696. The number of methoxy groups -OCH3 is 8. The number of benzene rings is 4. The minimum Gasteiger partial charge on any atom is -0.502 e. The molecule has 0 aliphatic heterocycles. The van der Waals surface area contributed by atoms with Crippen LogP contribution >= 0.6 is 0 Å². The lowest BCUT2D eigenvalue weighted by Crippen LogP contribution is -2.67. The molecule has 0 heterocycles. The summed E-state index contributed by atoms with van der Waals surface area (Å²) in [6.45, 7) is 0. The van der Waals surface area contributed by atoms with Gasteiger partial charge in [0.25, 0.3) is 0 Å². The number of hydrogen-bond acceptors (Lipinski definition) is 12. The second-order valence-electron chi connectivity index (χ2n) is 15.1. The van der Waals surface area contributed by atoms with E-state index in [-0.39, 0.29) is 69.0 Å². The Morgan fingerprint density at radius 3 is 0.537 bits per heavy atom. The van der Waals surface area contributed by atoms with Gasteiger partial charge < -0.3 is 58.3 Å². The Morgan fingerprint density at radius 1 is 0.296 bits per heavy atom. The Morgan fingerprint density at radius 2 is 0.426 bits per heavy atom. The van der Waals surface area contributed by atoms with Crippen molar-refractivity contribution in [2.75, 3.05) is 56.9 Å². The van der Waals surface area contributed by atoms with Gasteiger partial charge in [-0.3, -0.25) is 0 Å². The van der Waals surface area contributed by atoms with Gasteiger partial charge in [-0.1, -0.05) is 0 Å². The summed E-state index contributed by atoms with van der Waals surface area (Å²) in [5.74, 6) is 1.89. The molecule has 54 heavy (non-hydrogen) atoms. The van der Waals surface area contributed by atoms with Crippen LogP contribution in [0.1, 0.15) is 60.8 Å². The minimum atomic E-state index is -0.599. The molecule has 4 aromatic rings. The third-order valence-electron chi connectivity index (χ3n) is 12.4. The summed E-state index contributed by atoms with van der Waals surface area (Å²) >= 11 is 0. The average Bonchev–Trinajstić information content (AvgIpc) is 3.17. The van der Waals surface area contributed by atoms with E-state index in [4.69, 9.17) is 37.9 Å². The van der Waals surface area contributed by atoms with Crippen LogP contribution in [0.15, 0.2) is 48.5 Å². The van der Waals surface area contributed by atoms with Crippen LogP contribution in [0.5, 0.6) is 69.0 Å². The van der Waals surface area contributed by atoms with Crippen molar-refractivity contribution in [3.05, 3.63) is 70.8 Å². The average molecular weight is 745 g/mol. The predicted molar refractivity (Wildman–Crippen MR) is 199 cm³/mol. The van der Waals surface area contributed by atoms with E-state index in [0.717, 1.165) is 22.3 Å². The molecule has 0 aromatic heterocycles. The van der Waals surface area contributed by atoms with Crippen LogP contribution in [0.2, 0.25) is 0 Å². The SMILES string of the molecule is COc1cc(C23CC4(c5cc(OC)c(O)c(OC)c5)CC(c5cc(OC)c(O)c(OC)c5)(C2)CC(c2cc(OC)c(O)c(OC)c2)(C3)C4)cc(OC)c1O. The van der Waals surface area contributed by atoms with Crippen LogP contribution < -0.4 is 37.9 Å². The van der Waals surface area contributed by atoms with Crippen molar-refractivity contribution in [2.24, 2.45) is 0 Å². The largest absolute Gasteiger partial charge is 0.502 e. The highest BCUT2D eigenvalue weighted by molar-refractivity contribution is 5.63. The molecule has 12 nitrogen and oxygen atoms in total. The van der Waals surface area contributed by atoms with Crippen LogP contribution in [0, 0.1) is 0 Å². The first-order chi connectivity index (χ1) is 25.8. The molecule has 0 radical (unpaired) electrons. The number of phenolic OH excluding ortho intramolecular Hbond substituents is 4. The predicted octanol–water partition coefficient (Wildman–Crippen LogP) is 7.01. The van der Waals surface area contributed by atoms with E-state index in [2.05, 4.69) is 0 Å². The lowest BCUT2D eigenvalue weighted by atomic mass is 9.32. The van der Waals surface area contributed by atoms with Gasteiger partial charge in [0, 0.05) is 0 Å².